The first-order valence-corrected chi connectivity index (χ1v) is 28.6. The maximum Gasteiger partial charge on any atom is 0.389 e. The molecule has 80 heavy (non-hydrogen) atoms. The van der Waals surface area contributed by atoms with Crippen molar-refractivity contribution in [2.45, 2.75) is 120 Å². The molecule has 8 amide bonds. The van der Waals surface area contributed by atoms with Crippen LogP contribution < -0.4 is 21.7 Å². The lowest BCUT2D eigenvalue weighted by molar-refractivity contribution is -0.189. The molecule has 3 saturated heterocycles. The highest BCUT2D eigenvalue weighted by molar-refractivity contribution is 7.39. The topological polar surface area (TPSA) is 271 Å². The summed E-state index contributed by atoms with van der Waals surface area (Å²) in [6.07, 6.45) is -0.783. The van der Waals surface area contributed by atoms with E-state index in [0.29, 0.717) is 58.5 Å². The summed E-state index contributed by atoms with van der Waals surface area (Å²) in [6.45, 7) is 0.0561. The predicted molar refractivity (Wildman–Crippen MR) is 283 cm³/mol. The number of aromatic nitrogens is 1. The normalized spacial score (nSPS) is 19.7. The number of benzene rings is 3. The van der Waals surface area contributed by atoms with Crippen molar-refractivity contribution in [3.8, 4) is 23.1 Å². The molecule has 0 saturated carbocycles. The van der Waals surface area contributed by atoms with Gasteiger partial charge in [0.15, 0.2) is 11.6 Å². The van der Waals surface area contributed by atoms with Gasteiger partial charge in [0, 0.05) is 78.1 Å². The van der Waals surface area contributed by atoms with E-state index in [9.17, 15) is 55.9 Å². The molecule has 0 radical (unpaired) electrons. The van der Waals surface area contributed by atoms with Crippen LogP contribution in [0.15, 0.2) is 66.0 Å². The highest BCUT2D eigenvalue weighted by atomic mass is 32.1. The van der Waals surface area contributed by atoms with Crippen LogP contribution >= 0.6 is 31.3 Å². The van der Waals surface area contributed by atoms with Gasteiger partial charge in [-0.25, -0.2) is 18.3 Å². The Kier molecular flexibility index (Phi) is 17.7. The molecule has 4 aliphatic heterocycles. The second-order valence-corrected chi connectivity index (χ2v) is 22.4. The van der Waals surface area contributed by atoms with Gasteiger partial charge in [-0.05, 0) is 110 Å². The fraction of sp³-hybridized carbons (Fsp3) is 0.389. The Morgan fingerprint density at radius 3 is 2.54 bits per heavy atom. The van der Waals surface area contributed by atoms with Crippen molar-refractivity contribution in [1.82, 2.24) is 35.6 Å². The number of thiophene rings is 1. The molecule has 1 unspecified atom stereocenters. The lowest BCUT2D eigenvalue weighted by Gasteiger charge is -2.39. The third kappa shape index (κ3) is 13.0. The van der Waals surface area contributed by atoms with Crippen LogP contribution in [-0.2, 0) is 45.9 Å². The van der Waals surface area contributed by atoms with Gasteiger partial charge in [0.2, 0.25) is 35.4 Å². The van der Waals surface area contributed by atoms with Crippen LogP contribution in [0.4, 0.5) is 17.6 Å². The summed E-state index contributed by atoms with van der Waals surface area (Å²) in [6, 6.07) is 8.44. The number of nitrogens with one attached hydrogen (secondary N) is 3. The summed E-state index contributed by atoms with van der Waals surface area (Å²) >= 11 is 2.03. The third-order valence-electron chi connectivity index (χ3n) is 14.5. The monoisotopic (exact) mass is 1160 g/mol. The van der Waals surface area contributed by atoms with Crippen LogP contribution in [0.3, 0.4) is 0 Å². The van der Waals surface area contributed by atoms with E-state index in [1.54, 1.807) is 23.6 Å². The van der Waals surface area contributed by atoms with E-state index < -0.39 is 91.7 Å². The van der Waals surface area contributed by atoms with Gasteiger partial charge in [0.1, 0.15) is 23.1 Å². The number of imide groups is 1. The average molecular weight is 1160 g/mol. The first-order valence-electron chi connectivity index (χ1n) is 25.7. The van der Waals surface area contributed by atoms with Crippen LogP contribution in [-0.4, -0.2) is 114 Å². The minimum atomic E-state index is -4.08. The smallest absolute Gasteiger partial charge is 0.370 e. The largest absolute Gasteiger partial charge is 0.389 e. The maximum atomic E-state index is 15.0. The van der Waals surface area contributed by atoms with E-state index in [1.165, 1.54) is 32.9 Å². The molecule has 0 spiro atoms. The molecule has 4 aliphatic rings. The van der Waals surface area contributed by atoms with Gasteiger partial charge in [-0.1, -0.05) is 24.3 Å². The first-order chi connectivity index (χ1) is 38.2. The van der Waals surface area contributed by atoms with Crippen LogP contribution in [0.1, 0.15) is 125 Å². The summed E-state index contributed by atoms with van der Waals surface area (Å²) in [5.74, 6) is -0.00360. The van der Waals surface area contributed by atoms with Crippen molar-refractivity contribution < 1.29 is 70.2 Å². The van der Waals surface area contributed by atoms with Crippen LogP contribution in [0.2, 0.25) is 0 Å². The van der Waals surface area contributed by atoms with Crippen molar-refractivity contribution in [3.05, 3.63) is 110 Å². The summed E-state index contributed by atoms with van der Waals surface area (Å²) in [7, 11) is -3.42. The Hall–Kier alpha value is -7.20. The molecule has 3 fully saturated rings. The molecule has 0 bridgehead atoms. The minimum absolute atomic E-state index is 0.0116. The number of nitrogens with zero attached hydrogens (tertiary/aromatic N) is 4. The van der Waals surface area contributed by atoms with E-state index in [4.69, 9.17) is 15.5 Å². The van der Waals surface area contributed by atoms with E-state index in [2.05, 4.69) is 37.3 Å². The number of halogens is 4. The maximum absolute atomic E-state index is 15.0. The van der Waals surface area contributed by atoms with Gasteiger partial charge in [-0.2, -0.15) is 8.78 Å². The van der Waals surface area contributed by atoms with E-state index >= 15 is 0 Å². The lowest BCUT2D eigenvalue weighted by Crippen LogP contribution is -2.61. The number of hydrogen-bond donors (Lipinski definition) is 6. The molecular formula is C54H53F4N8O11PS2. The number of carbonyl (C=O) groups excluding carboxylic acids is 8. The molecule has 420 valence electrons. The van der Waals surface area contributed by atoms with Crippen molar-refractivity contribution in [3.63, 3.8) is 0 Å². The standard InChI is InChI=1S/C54H53F4N8O11PS2/c55-36-14-11-30(24-37(36)56)40-28-79-51(62-40)38(15-19-45(59)67)60-49(71)42-16-13-33-21-22-64(27-39(53(74)66(33)42)61-50(72)44-25-31-23-32(12-18-43(31)80-44)54(57,58)77-78(75)76)47(69)10-5-3-1-2-4-7-29-8-6-9-34-35(29)26-65(52(34)73)41-17-20-46(68)63-48(41)70/h6,8-9,11-12,14,18,23-25,28,33,38-39,41-42,75-76H,1-3,5,10,13,15-17,19-22,26-27H2,(H2,59,67)(H,60,71)(H,61,72)(H,63,68,70)/t33-,38+,39+,41?,42+/m1/s1. The number of amides is 8. The quantitative estimate of drug-likeness (QED) is 0.0189. The Morgan fingerprint density at radius 2 is 1.77 bits per heavy atom. The molecule has 19 nitrogen and oxygen atoms in total. The van der Waals surface area contributed by atoms with Gasteiger partial charge in [-0.3, -0.25) is 43.7 Å². The zero-order valence-electron chi connectivity index (χ0n) is 42.6. The molecular weight excluding hydrogens is 1110 g/mol. The number of piperidine rings is 1. The number of hydrogen-bond acceptors (Lipinski definition) is 14. The number of nitrogens with two attached hydrogens (primary N) is 1. The second-order valence-electron chi connectivity index (χ2n) is 19.7. The van der Waals surface area contributed by atoms with Crippen molar-refractivity contribution in [2.24, 2.45) is 5.73 Å². The van der Waals surface area contributed by atoms with Gasteiger partial charge < -0.3 is 40.9 Å². The predicted octanol–water partition coefficient (Wildman–Crippen LogP) is 6.16. The summed E-state index contributed by atoms with van der Waals surface area (Å²) in [5.41, 5.74) is 7.15. The SMILES string of the molecule is NC(=O)CC[C@H](NC(=O)[C@@H]1CC[C@@H]2CCN(C(=O)CCCCCC#Cc3cccc4c3CN(C3CCC(=O)NC3=O)C4=O)C[C@H](NC(=O)c3cc4cc(C(F)(F)OP(O)O)ccc4s3)C(=O)N21)c1nc(-c2ccc(F)c(F)c2)cs1. The summed E-state index contributed by atoms with van der Waals surface area (Å²) < 4.78 is 61.7. The molecule has 7 N–H and O–H groups in total. The second kappa shape index (κ2) is 24.7. The Bertz CT molecular complexity index is 3350. The molecule has 0 aliphatic carbocycles. The minimum Gasteiger partial charge on any atom is -0.370 e. The van der Waals surface area contributed by atoms with Crippen molar-refractivity contribution in [2.75, 3.05) is 13.1 Å². The van der Waals surface area contributed by atoms with Crippen LogP contribution in [0.5, 0.6) is 0 Å². The van der Waals surface area contributed by atoms with E-state index in [-0.39, 0.29) is 104 Å². The zero-order chi connectivity index (χ0) is 57.0. The summed E-state index contributed by atoms with van der Waals surface area (Å²) in [5, 5.41) is 10.1. The Balaban J connectivity index is 0.881. The van der Waals surface area contributed by atoms with Crippen molar-refractivity contribution in [1.29, 1.82) is 0 Å². The van der Waals surface area contributed by atoms with Gasteiger partial charge >= 0.3 is 14.7 Å². The van der Waals surface area contributed by atoms with Crippen molar-refractivity contribution >= 4 is 88.6 Å². The van der Waals surface area contributed by atoms with Gasteiger partial charge in [0.05, 0.1) is 22.2 Å². The van der Waals surface area contributed by atoms with Crippen LogP contribution in [0.25, 0.3) is 21.3 Å². The number of thiazole rings is 1. The number of carbonyl (C=O) groups is 8. The molecule has 5 atom stereocenters. The first kappa shape index (κ1) is 57.5. The van der Waals surface area contributed by atoms with E-state index in [1.807, 2.05) is 0 Å². The number of primary amides is 1. The molecule has 2 aromatic heterocycles. The Morgan fingerprint density at radius 1 is 0.963 bits per heavy atom. The molecule has 6 heterocycles. The van der Waals surface area contributed by atoms with Gasteiger partial charge in [0.25, 0.3) is 11.8 Å². The number of rotatable bonds is 18. The fourth-order valence-corrected chi connectivity index (χ4v) is 12.6. The number of unbranched alkanes of at least 4 members (excludes halogenated alkanes) is 3. The van der Waals surface area contributed by atoms with Gasteiger partial charge in [-0.15, -0.1) is 22.7 Å². The highest BCUT2D eigenvalue weighted by Crippen LogP contribution is 2.43. The summed E-state index contributed by atoms with van der Waals surface area (Å²) in [4.78, 5) is 134. The number of fused-ring (bicyclic) bond motifs is 3. The van der Waals surface area contributed by atoms with Crippen LogP contribution in [0, 0.1) is 23.5 Å². The fourth-order valence-electron chi connectivity index (χ4n) is 10.4. The molecule has 5 aromatic rings. The Labute approximate surface area is 464 Å². The number of alkyl halides is 2. The average Bonchev–Trinajstić information content (AvgIpc) is 4.33. The molecule has 9 rings (SSSR count). The van der Waals surface area contributed by atoms with E-state index in [0.717, 1.165) is 46.9 Å². The molecule has 26 heteroatoms. The highest BCUT2D eigenvalue weighted by Gasteiger charge is 2.46. The lowest BCUT2D eigenvalue weighted by atomic mass is 10.0. The zero-order valence-corrected chi connectivity index (χ0v) is 45.1. The molecule has 3 aromatic carbocycles. The third-order valence-corrected chi connectivity index (χ3v) is 16.9.